The average Bonchev–Trinajstić information content (AvgIpc) is 2.43. The van der Waals surface area contributed by atoms with Crippen LogP contribution in [-0.2, 0) is 19.6 Å². The molecule has 0 amide bonds. The van der Waals surface area contributed by atoms with E-state index in [0.717, 1.165) is 13.2 Å². The molecule has 8 nitrogen and oxygen atoms in total. The standard InChI is InChI=1S/C11H13NO7S/c1-18-8-4-3-7(11(14)15)5-9(8)20(16,17)12-6-10(13)19-2/h3-5,12H,6H2,1-2H3,(H,14,15). The second kappa shape index (κ2) is 6.35. The number of nitrogens with one attached hydrogen (secondary N) is 1. The number of hydrogen-bond donors (Lipinski definition) is 2. The number of methoxy groups -OCH3 is 2. The average molecular weight is 303 g/mol. The van der Waals surface area contributed by atoms with Crippen LogP contribution in [0.1, 0.15) is 10.4 Å². The summed E-state index contributed by atoms with van der Waals surface area (Å²) in [5, 5.41) is 8.86. The van der Waals surface area contributed by atoms with E-state index in [1.807, 2.05) is 4.72 Å². The molecule has 9 heteroatoms. The second-order valence-corrected chi connectivity index (χ2v) is 5.31. The SMILES string of the molecule is COC(=O)CNS(=O)(=O)c1cc(C(=O)O)ccc1OC. The number of carboxylic acid groups (broad SMARTS) is 1. The highest BCUT2D eigenvalue weighted by Gasteiger charge is 2.22. The van der Waals surface area contributed by atoms with Gasteiger partial charge in [-0.1, -0.05) is 0 Å². The summed E-state index contributed by atoms with van der Waals surface area (Å²) < 4.78 is 35.2. The van der Waals surface area contributed by atoms with Crippen LogP contribution < -0.4 is 9.46 Å². The molecule has 1 rings (SSSR count). The van der Waals surface area contributed by atoms with Gasteiger partial charge in [0.05, 0.1) is 19.8 Å². The maximum Gasteiger partial charge on any atom is 0.335 e. The highest BCUT2D eigenvalue weighted by Crippen LogP contribution is 2.24. The van der Waals surface area contributed by atoms with Crippen LogP contribution in [0.5, 0.6) is 5.75 Å². The number of aromatic carboxylic acids is 1. The van der Waals surface area contributed by atoms with Crippen molar-refractivity contribution in [2.45, 2.75) is 4.90 Å². The van der Waals surface area contributed by atoms with Gasteiger partial charge in [0, 0.05) is 0 Å². The zero-order chi connectivity index (χ0) is 15.3. The summed E-state index contributed by atoms with van der Waals surface area (Å²) in [6.45, 7) is -0.570. The molecule has 0 atom stereocenters. The number of carboxylic acids is 1. The lowest BCUT2D eigenvalue weighted by atomic mass is 10.2. The number of rotatable bonds is 6. The van der Waals surface area contributed by atoms with E-state index in [2.05, 4.69) is 4.74 Å². The first-order chi connectivity index (χ1) is 9.31. The highest BCUT2D eigenvalue weighted by atomic mass is 32.2. The predicted octanol–water partition coefficient (Wildman–Crippen LogP) is -0.155. The summed E-state index contributed by atoms with van der Waals surface area (Å²) in [6, 6.07) is 3.37. The molecule has 1 aromatic carbocycles. The summed E-state index contributed by atoms with van der Waals surface area (Å²) in [5.74, 6) is -2.09. The Labute approximate surface area is 115 Å². The van der Waals surface area contributed by atoms with E-state index in [1.165, 1.54) is 19.2 Å². The van der Waals surface area contributed by atoms with Crippen LogP contribution in [-0.4, -0.2) is 46.2 Å². The zero-order valence-electron chi connectivity index (χ0n) is 10.7. The van der Waals surface area contributed by atoms with Crippen LogP contribution in [0.15, 0.2) is 23.1 Å². The number of carbonyl (C=O) groups excluding carboxylic acids is 1. The molecule has 0 aliphatic heterocycles. The molecule has 0 spiro atoms. The minimum atomic E-state index is -4.10. The molecule has 20 heavy (non-hydrogen) atoms. The van der Waals surface area contributed by atoms with Gasteiger partial charge in [0.2, 0.25) is 10.0 Å². The van der Waals surface area contributed by atoms with Gasteiger partial charge in [0.15, 0.2) is 0 Å². The molecule has 0 saturated heterocycles. The number of benzene rings is 1. The fraction of sp³-hybridized carbons (Fsp3) is 0.273. The van der Waals surface area contributed by atoms with Crippen LogP contribution in [0.4, 0.5) is 0 Å². The second-order valence-electron chi connectivity index (χ2n) is 3.57. The molecule has 110 valence electrons. The molecule has 0 bridgehead atoms. The number of ether oxygens (including phenoxy) is 2. The van der Waals surface area contributed by atoms with Crippen LogP contribution in [0.2, 0.25) is 0 Å². The van der Waals surface area contributed by atoms with Crippen LogP contribution in [0.3, 0.4) is 0 Å². The summed E-state index contributed by atoms with van der Waals surface area (Å²) in [4.78, 5) is 21.4. The molecule has 0 unspecified atom stereocenters. The van der Waals surface area contributed by atoms with Crippen molar-refractivity contribution in [2.24, 2.45) is 0 Å². The molecule has 0 saturated carbocycles. The summed E-state index contributed by atoms with van der Waals surface area (Å²) >= 11 is 0. The third-order valence-corrected chi connectivity index (χ3v) is 3.76. The van der Waals surface area contributed by atoms with Gasteiger partial charge in [-0.15, -0.1) is 0 Å². The fourth-order valence-corrected chi connectivity index (χ4v) is 2.49. The van der Waals surface area contributed by atoms with Gasteiger partial charge in [0.25, 0.3) is 0 Å². The Morgan fingerprint density at radius 3 is 2.45 bits per heavy atom. The third-order valence-electron chi connectivity index (χ3n) is 2.33. The van der Waals surface area contributed by atoms with Gasteiger partial charge in [-0.3, -0.25) is 4.79 Å². The van der Waals surface area contributed by atoms with Crippen LogP contribution in [0.25, 0.3) is 0 Å². The number of esters is 1. The Kier molecular flexibility index (Phi) is 5.06. The van der Waals surface area contributed by atoms with Crippen molar-refractivity contribution >= 4 is 22.0 Å². The molecule has 0 aliphatic carbocycles. The Bertz CT molecular complexity index is 624. The molecule has 0 radical (unpaired) electrons. The Morgan fingerprint density at radius 1 is 1.30 bits per heavy atom. The molecule has 1 aromatic rings. The van der Waals surface area contributed by atoms with E-state index in [1.54, 1.807) is 0 Å². The number of hydrogen-bond acceptors (Lipinski definition) is 6. The van der Waals surface area contributed by atoms with Gasteiger partial charge in [-0.25, -0.2) is 13.2 Å². The maximum atomic E-state index is 12.0. The summed E-state index contributed by atoms with van der Waals surface area (Å²) in [5.41, 5.74) is -0.218. The molecule has 0 heterocycles. The fourth-order valence-electron chi connectivity index (χ4n) is 1.32. The minimum Gasteiger partial charge on any atom is -0.495 e. The lowest BCUT2D eigenvalue weighted by molar-refractivity contribution is -0.139. The van der Waals surface area contributed by atoms with Crippen molar-refractivity contribution in [2.75, 3.05) is 20.8 Å². The summed E-state index contributed by atoms with van der Waals surface area (Å²) in [6.07, 6.45) is 0. The van der Waals surface area contributed by atoms with Crippen LogP contribution in [0, 0.1) is 0 Å². The number of carbonyl (C=O) groups is 2. The topological polar surface area (TPSA) is 119 Å². The first-order valence-corrected chi connectivity index (χ1v) is 6.78. The lowest BCUT2D eigenvalue weighted by Gasteiger charge is -2.10. The molecule has 0 fully saturated rings. The predicted molar refractivity (Wildman–Crippen MR) is 67.2 cm³/mol. The molecular formula is C11H13NO7S. The van der Waals surface area contributed by atoms with E-state index in [9.17, 15) is 18.0 Å². The third kappa shape index (κ3) is 3.68. The van der Waals surface area contributed by atoms with Gasteiger partial charge in [-0.2, -0.15) is 4.72 Å². The van der Waals surface area contributed by atoms with Gasteiger partial charge < -0.3 is 14.6 Å². The molecular weight excluding hydrogens is 290 g/mol. The van der Waals surface area contributed by atoms with Gasteiger partial charge >= 0.3 is 11.9 Å². The summed E-state index contributed by atoms with van der Waals surface area (Å²) in [7, 11) is -1.74. The molecule has 0 aromatic heterocycles. The lowest BCUT2D eigenvalue weighted by Crippen LogP contribution is -2.30. The van der Waals surface area contributed by atoms with Crippen molar-refractivity contribution in [1.82, 2.24) is 4.72 Å². The normalized spacial score (nSPS) is 10.9. The molecule has 0 aliphatic rings. The van der Waals surface area contributed by atoms with Crippen molar-refractivity contribution in [3.63, 3.8) is 0 Å². The zero-order valence-corrected chi connectivity index (χ0v) is 11.6. The largest absolute Gasteiger partial charge is 0.495 e. The van der Waals surface area contributed by atoms with Crippen molar-refractivity contribution < 1.29 is 32.6 Å². The number of sulfonamides is 1. The Morgan fingerprint density at radius 2 is 1.95 bits per heavy atom. The molecule has 2 N–H and O–H groups in total. The maximum absolute atomic E-state index is 12.0. The Hall–Kier alpha value is -2.13. The van der Waals surface area contributed by atoms with Crippen molar-refractivity contribution in [3.05, 3.63) is 23.8 Å². The van der Waals surface area contributed by atoms with Gasteiger partial charge in [-0.05, 0) is 18.2 Å². The van der Waals surface area contributed by atoms with E-state index < -0.39 is 28.5 Å². The Balaban J connectivity index is 3.18. The highest BCUT2D eigenvalue weighted by molar-refractivity contribution is 7.89. The van der Waals surface area contributed by atoms with Crippen molar-refractivity contribution in [3.8, 4) is 5.75 Å². The van der Waals surface area contributed by atoms with E-state index in [0.29, 0.717) is 0 Å². The van der Waals surface area contributed by atoms with E-state index >= 15 is 0 Å². The van der Waals surface area contributed by atoms with Gasteiger partial charge in [0.1, 0.15) is 17.2 Å². The monoisotopic (exact) mass is 303 g/mol. The van der Waals surface area contributed by atoms with Crippen LogP contribution >= 0.6 is 0 Å². The van der Waals surface area contributed by atoms with E-state index in [4.69, 9.17) is 9.84 Å². The van der Waals surface area contributed by atoms with E-state index in [-0.39, 0.29) is 16.2 Å². The van der Waals surface area contributed by atoms with Crippen molar-refractivity contribution in [1.29, 1.82) is 0 Å². The first-order valence-electron chi connectivity index (χ1n) is 5.29. The quantitative estimate of drug-likeness (QED) is 0.701. The smallest absolute Gasteiger partial charge is 0.335 e. The minimum absolute atomic E-state index is 0.0348. The first kappa shape index (κ1) is 15.9.